The molecule has 76 valence electrons. The van der Waals surface area contributed by atoms with Gasteiger partial charge in [-0.3, -0.25) is 9.89 Å². The first kappa shape index (κ1) is 9.24. The molecule has 1 aliphatic carbocycles. The van der Waals surface area contributed by atoms with Crippen LogP contribution in [0.25, 0.3) is 0 Å². The van der Waals surface area contributed by atoms with Gasteiger partial charge in [-0.25, -0.2) is 0 Å². The summed E-state index contributed by atoms with van der Waals surface area (Å²) in [6.07, 6.45) is 3.40. The van der Waals surface area contributed by atoms with Crippen LogP contribution in [0.15, 0.2) is 6.07 Å². The number of nitrogens with one attached hydrogen (secondary N) is 1. The van der Waals surface area contributed by atoms with E-state index in [1.165, 1.54) is 0 Å². The van der Waals surface area contributed by atoms with Crippen LogP contribution < -0.4 is 0 Å². The van der Waals surface area contributed by atoms with Gasteiger partial charge < -0.3 is 5.11 Å². The molecule has 0 saturated heterocycles. The Morgan fingerprint density at radius 2 is 2.21 bits per heavy atom. The Bertz CT molecular complexity index is 351. The molecule has 2 N–H and O–H groups in total. The molecule has 0 aliphatic heterocycles. The molecule has 0 spiro atoms. The number of aromatic amines is 1. The summed E-state index contributed by atoms with van der Waals surface area (Å²) >= 11 is 0. The average molecular weight is 194 g/mol. The van der Waals surface area contributed by atoms with Crippen LogP contribution in [0.2, 0.25) is 0 Å². The molecule has 1 aromatic rings. The minimum absolute atomic E-state index is 0.694. The number of aromatic nitrogens is 2. The Morgan fingerprint density at radius 3 is 2.64 bits per heavy atom. The summed E-state index contributed by atoms with van der Waals surface area (Å²) in [7, 11) is 0. The summed E-state index contributed by atoms with van der Waals surface area (Å²) < 4.78 is 0. The van der Waals surface area contributed by atoms with Crippen molar-refractivity contribution in [3.63, 3.8) is 0 Å². The van der Waals surface area contributed by atoms with Gasteiger partial charge in [0.25, 0.3) is 0 Å². The third-order valence-electron chi connectivity index (χ3n) is 3.06. The van der Waals surface area contributed by atoms with Crippen LogP contribution in [-0.2, 0) is 10.2 Å². The first-order chi connectivity index (χ1) is 6.65. The summed E-state index contributed by atoms with van der Waals surface area (Å²) in [6.45, 7) is 1.89. The SMILES string of the molecule is Cc1cc(C2(C(=O)O)CCCC2)n[nH]1. The number of aliphatic carboxylic acids is 1. The molecule has 1 saturated carbocycles. The molecule has 14 heavy (non-hydrogen) atoms. The molecule has 0 aromatic carbocycles. The van der Waals surface area contributed by atoms with E-state index in [1.807, 2.05) is 13.0 Å². The second-order valence-corrected chi connectivity index (χ2v) is 4.03. The van der Waals surface area contributed by atoms with E-state index in [-0.39, 0.29) is 0 Å². The smallest absolute Gasteiger partial charge is 0.315 e. The van der Waals surface area contributed by atoms with Crippen molar-refractivity contribution >= 4 is 5.97 Å². The lowest BCUT2D eigenvalue weighted by molar-refractivity contribution is -0.143. The van der Waals surface area contributed by atoms with Gasteiger partial charge in [-0.1, -0.05) is 12.8 Å². The maximum atomic E-state index is 11.3. The quantitative estimate of drug-likeness (QED) is 0.751. The van der Waals surface area contributed by atoms with E-state index in [9.17, 15) is 9.90 Å². The number of carbonyl (C=O) groups is 1. The van der Waals surface area contributed by atoms with Crippen molar-refractivity contribution in [1.82, 2.24) is 10.2 Å². The van der Waals surface area contributed by atoms with Crippen molar-refractivity contribution in [2.24, 2.45) is 0 Å². The fraction of sp³-hybridized carbons (Fsp3) is 0.600. The molecule has 4 heteroatoms. The van der Waals surface area contributed by atoms with Gasteiger partial charge >= 0.3 is 5.97 Å². The second kappa shape index (κ2) is 3.12. The molecular formula is C10H14N2O2. The van der Waals surface area contributed by atoms with Crippen molar-refractivity contribution < 1.29 is 9.90 Å². The first-order valence-electron chi connectivity index (χ1n) is 4.91. The van der Waals surface area contributed by atoms with E-state index < -0.39 is 11.4 Å². The molecule has 2 rings (SSSR count). The highest BCUT2D eigenvalue weighted by atomic mass is 16.4. The van der Waals surface area contributed by atoms with Crippen LogP contribution in [0, 0.1) is 6.92 Å². The van der Waals surface area contributed by atoms with Crippen molar-refractivity contribution in [3.05, 3.63) is 17.5 Å². The second-order valence-electron chi connectivity index (χ2n) is 4.03. The number of hydrogen-bond acceptors (Lipinski definition) is 2. The van der Waals surface area contributed by atoms with E-state index in [4.69, 9.17) is 0 Å². The zero-order valence-electron chi connectivity index (χ0n) is 8.21. The van der Waals surface area contributed by atoms with E-state index in [1.54, 1.807) is 0 Å². The largest absolute Gasteiger partial charge is 0.481 e. The molecule has 1 aliphatic rings. The number of aryl methyl sites for hydroxylation is 1. The van der Waals surface area contributed by atoms with Gasteiger partial charge in [-0.15, -0.1) is 0 Å². The number of carboxylic acids is 1. The van der Waals surface area contributed by atoms with E-state index >= 15 is 0 Å². The minimum atomic E-state index is -0.735. The predicted octanol–water partition coefficient (Wildman–Crippen LogP) is 1.61. The molecule has 0 unspecified atom stereocenters. The van der Waals surface area contributed by atoms with Crippen molar-refractivity contribution in [2.75, 3.05) is 0 Å². The van der Waals surface area contributed by atoms with Crippen LogP contribution in [-0.4, -0.2) is 21.3 Å². The van der Waals surface area contributed by atoms with E-state index in [2.05, 4.69) is 10.2 Å². The summed E-state index contributed by atoms with van der Waals surface area (Å²) in [4.78, 5) is 11.3. The maximum Gasteiger partial charge on any atom is 0.315 e. The molecular weight excluding hydrogens is 180 g/mol. The Morgan fingerprint density at radius 1 is 1.57 bits per heavy atom. The highest BCUT2D eigenvalue weighted by Gasteiger charge is 2.44. The number of hydrogen-bond donors (Lipinski definition) is 2. The number of rotatable bonds is 2. The van der Waals surface area contributed by atoms with Crippen molar-refractivity contribution in [2.45, 2.75) is 38.0 Å². The lowest BCUT2D eigenvalue weighted by Crippen LogP contribution is -2.33. The zero-order chi connectivity index (χ0) is 10.2. The molecule has 1 fully saturated rings. The van der Waals surface area contributed by atoms with Gasteiger partial charge in [0.2, 0.25) is 0 Å². The average Bonchev–Trinajstić information content (AvgIpc) is 2.71. The van der Waals surface area contributed by atoms with Crippen molar-refractivity contribution in [3.8, 4) is 0 Å². The molecule has 1 aromatic heterocycles. The highest BCUT2D eigenvalue weighted by molar-refractivity contribution is 5.81. The van der Waals surface area contributed by atoms with Gasteiger partial charge in [-0.2, -0.15) is 5.10 Å². The summed E-state index contributed by atoms with van der Waals surface area (Å²) in [5.41, 5.74) is 0.901. The normalized spacial score (nSPS) is 19.8. The molecule has 0 atom stereocenters. The predicted molar refractivity (Wildman–Crippen MR) is 51.1 cm³/mol. The molecule has 0 amide bonds. The standard InChI is InChI=1S/C10H14N2O2/c1-7-6-8(12-11-7)10(9(13)14)4-2-3-5-10/h6H,2-5H2,1H3,(H,11,12)(H,13,14). The third-order valence-corrected chi connectivity index (χ3v) is 3.06. The van der Waals surface area contributed by atoms with E-state index in [0.29, 0.717) is 18.5 Å². The van der Waals surface area contributed by atoms with Crippen LogP contribution in [0.1, 0.15) is 37.1 Å². The topological polar surface area (TPSA) is 66.0 Å². The van der Waals surface area contributed by atoms with Gasteiger partial charge in [-0.05, 0) is 25.8 Å². The lowest BCUT2D eigenvalue weighted by atomic mass is 9.83. The van der Waals surface area contributed by atoms with Crippen molar-refractivity contribution in [1.29, 1.82) is 0 Å². The maximum absolute atomic E-state index is 11.3. The first-order valence-corrected chi connectivity index (χ1v) is 4.91. The van der Waals surface area contributed by atoms with Crippen LogP contribution >= 0.6 is 0 Å². The van der Waals surface area contributed by atoms with Crippen LogP contribution in [0.5, 0.6) is 0 Å². The number of nitrogens with zero attached hydrogens (tertiary/aromatic N) is 1. The Hall–Kier alpha value is -1.32. The highest BCUT2D eigenvalue weighted by Crippen LogP contribution is 2.40. The molecule has 0 radical (unpaired) electrons. The van der Waals surface area contributed by atoms with E-state index in [0.717, 1.165) is 18.5 Å². The Kier molecular flexibility index (Phi) is 2.06. The fourth-order valence-corrected chi connectivity index (χ4v) is 2.22. The summed E-state index contributed by atoms with van der Waals surface area (Å²) in [5.74, 6) is -0.735. The monoisotopic (exact) mass is 194 g/mol. The van der Waals surface area contributed by atoms with Crippen LogP contribution in [0.3, 0.4) is 0 Å². The number of carboxylic acid groups (broad SMARTS) is 1. The zero-order valence-corrected chi connectivity index (χ0v) is 8.21. The molecule has 4 nitrogen and oxygen atoms in total. The summed E-state index contributed by atoms with van der Waals surface area (Å²) in [5, 5.41) is 16.2. The van der Waals surface area contributed by atoms with Crippen LogP contribution in [0.4, 0.5) is 0 Å². The molecule has 1 heterocycles. The minimum Gasteiger partial charge on any atom is -0.481 e. The lowest BCUT2D eigenvalue weighted by Gasteiger charge is -2.20. The summed E-state index contributed by atoms with van der Waals surface area (Å²) in [6, 6.07) is 1.85. The van der Waals surface area contributed by atoms with Gasteiger partial charge in [0.1, 0.15) is 5.41 Å². The Labute approximate surface area is 82.3 Å². The van der Waals surface area contributed by atoms with Gasteiger partial charge in [0, 0.05) is 5.69 Å². The van der Waals surface area contributed by atoms with Gasteiger partial charge in [0.15, 0.2) is 0 Å². The Balaban J connectivity index is 2.41. The number of H-pyrrole nitrogens is 1. The fourth-order valence-electron chi connectivity index (χ4n) is 2.22. The van der Waals surface area contributed by atoms with Gasteiger partial charge in [0.05, 0.1) is 5.69 Å². The third kappa shape index (κ3) is 1.22. The molecule has 0 bridgehead atoms.